The van der Waals surface area contributed by atoms with Gasteiger partial charge in [-0.1, -0.05) is 20.8 Å². The molecule has 0 aromatic carbocycles. The zero-order valence-corrected chi connectivity index (χ0v) is 12.9. The Hall–Kier alpha value is -1.30. The molecule has 5 nitrogen and oxygen atoms in total. The van der Waals surface area contributed by atoms with E-state index in [9.17, 15) is 9.59 Å². The summed E-state index contributed by atoms with van der Waals surface area (Å²) in [7, 11) is 0. The van der Waals surface area contributed by atoms with Crippen molar-refractivity contribution in [3.05, 3.63) is 22.4 Å². The number of halogens is 1. The van der Waals surface area contributed by atoms with Crippen molar-refractivity contribution < 1.29 is 14.7 Å². The maximum atomic E-state index is 12.2. The van der Waals surface area contributed by atoms with Gasteiger partial charge in [0, 0.05) is 17.2 Å². The molecule has 6 heteroatoms. The first-order valence-electron chi connectivity index (χ1n) is 6.26. The molecule has 0 spiro atoms. The summed E-state index contributed by atoms with van der Waals surface area (Å²) in [5.41, 5.74) is 0.473. The predicted octanol–water partition coefficient (Wildman–Crippen LogP) is 2.50. The van der Waals surface area contributed by atoms with Crippen LogP contribution in [-0.4, -0.2) is 27.6 Å². The van der Waals surface area contributed by atoms with Gasteiger partial charge in [-0.25, -0.2) is 4.79 Å². The molecule has 0 aliphatic rings. The molecule has 19 heavy (non-hydrogen) atoms. The van der Waals surface area contributed by atoms with Crippen LogP contribution in [-0.2, 0) is 11.3 Å². The topological polar surface area (TPSA) is 71.3 Å². The molecule has 1 amide bonds. The van der Waals surface area contributed by atoms with E-state index < -0.39 is 12.0 Å². The van der Waals surface area contributed by atoms with Crippen LogP contribution in [0.15, 0.2) is 16.7 Å². The average Bonchev–Trinajstić information content (AvgIpc) is 2.66. The Kier molecular flexibility index (Phi) is 5.60. The lowest BCUT2D eigenvalue weighted by molar-refractivity contribution is -0.140. The number of nitrogens with zero attached hydrogens (tertiary/aromatic N) is 1. The summed E-state index contributed by atoms with van der Waals surface area (Å²) in [6.45, 7) is 6.26. The fourth-order valence-electron chi connectivity index (χ4n) is 1.82. The van der Waals surface area contributed by atoms with E-state index in [1.54, 1.807) is 19.9 Å². The minimum Gasteiger partial charge on any atom is -0.480 e. The van der Waals surface area contributed by atoms with Gasteiger partial charge >= 0.3 is 5.97 Å². The SMILES string of the molecule is CCCn1cc(Br)cc1C(=O)N[C@H](C(=O)O)C(C)C. The number of aromatic nitrogens is 1. The Balaban J connectivity index is 2.91. The van der Waals surface area contributed by atoms with E-state index in [-0.39, 0.29) is 11.8 Å². The Labute approximate surface area is 121 Å². The number of carboxylic acid groups (broad SMARTS) is 1. The Bertz CT molecular complexity index is 468. The summed E-state index contributed by atoms with van der Waals surface area (Å²) in [6.07, 6.45) is 2.72. The van der Waals surface area contributed by atoms with E-state index in [4.69, 9.17) is 5.11 Å². The summed E-state index contributed by atoms with van der Waals surface area (Å²) >= 11 is 3.33. The number of carbonyl (C=O) groups is 2. The minimum absolute atomic E-state index is 0.167. The van der Waals surface area contributed by atoms with E-state index in [1.807, 2.05) is 17.7 Å². The van der Waals surface area contributed by atoms with Gasteiger partial charge < -0.3 is 15.0 Å². The zero-order valence-electron chi connectivity index (χ0n) is 11.3. The van der Waals surface area contributed by atoms with Crippen molar-refractivity contribution in [2.24, 2.45) is 5.92 Å². The normalized spacial score (nSPS) is 12.5. The van der Waals surface area contributed by atoms with Crippen molar-refractivity contribution in [1.82, 2.24) is 9.88 Å². The lowest BCUT2D eigenvalue weighted by Crippen LogP contribution is -2.44. The molecule has 0 saturated heterocycles. The largest absolute Gasteiger partial charge is 0.480 e. The third kappa shape index (κ3) is 4.09. The van der Waals surface area contributed by atoms with Gasteiger partial charge in [-0.3, -0.25) is 4.79 Å². The predicted molar refractivity (Wildman–Crippen MR) is 76.2 cm³/mol. The minimum atomic E-state index is -1.02. The van der Waals surface area contributed by atoms with Gasteiger partial charge in [-0.2, -0.15) is 0 Å². The van der Waals surface area contributed by atoms with E-state index >= 15 is 0 Å². The highest BCUT2D eigenvalue weighted by atomic mass is 79.9. The highest BCUT2D eigenvalue weighted by molar-refractivity contribution is 9.10. The van der Waals surface area contributed by atoms with Crippen LogP contribution in [0.5, 0.6) is 0 Å². The molecule has 0 bridgehead atoms. The van der Waals surface area contributed by atoms with E-state index in [2.05, 4.69) is 21.2 Å². The van der Waals surface area contributed by atoms with Gasteiger partial charge in [0.1, 0.15) is 11.7 Å². The van der Waals surface area contributed by atoms with E-state index in [0.29, 0.717) is 12.2 Å². The molecule has 1 aromatic heterocycles. The van der Waals surface area contributed by atoms with Crippen LogP contribution in [0.3, 0.4) is 0 Å². The molecule has 106 valence electrons. The van der Waals surface area contributed by atoms with Gasteiger partial charge in [0.2, 0.25) is 0 Å². The number of hydrogen-bond acceptors (Lipinski definition) is 2. The lowest BCUT2D eigenvalue weighted by atomic mass is 10.0. The summed E-state index contributed by atoms with van der Waals surface area (Å²) < 4.78 is 2.63. The highest BCUT2D eigenvalue weighted by Crippen LogP contribution is 2.16. The molecular weight excluding hydrogens is 312 g/mol. The second-order valence-corrected chi connectivity index (χ2v) is 5.69. The Morgan fingerprint density at radius 2 is 2.11 bits per heavy atom. The fraction of sp³-hybridized carbons (Fsp3) is 0.538. The number of aryl methyl sites for hydroxylation is 1. The monoisotopic (exact) mass is 330 g/mol. The van der Waals surface area contributed by atoms with Crippen molar-refractivity contribution in [3.8, 4) is 0 Å². The third-order valence-electron chi connectivity index (χ3n) is 2.78. The number of rotatable bonds is 6. The Morgan fingerprint density at radius 3 is 2.58 bits per heavy atom. The Morgan fingerprint density at radius 1 is 1.47 bits per heavy atom. The maximum Gasteiger partial charge on any atom is 0.326 e. The smallest absolute Gasteiger partial charge is 0.326 e. The average molecular weight is 331 g/mol. The number of carbonyl (C=O) groups excluding carboxylic acids is 1. The summed E-state index contributed by atoms with van der Waals surface area (Å²) in [6, 6.07) is 0.820. The second kappa shape index (κ2) is 6.75. The molecule has 0 saturated carbocycles. The number of aliphatic carboxylic acids is 1. The molecule has 1 aromatic rings. The van der Waals surface area contributed by atoms with Crippen LogP contribution in [0.4, 0.5) is 0 Å². The van der Waals surface area contributed by atoms with Crippen LogP contribution in [0.1, 0.15) is 37.7 Å². The van der Waals surface area contributed by atoms with Crippen LogP contribution in [0.25, 0.3) is 0 Å². The molecule has 0 radical (unpaired) electrons. The molecule has 1 heterocycles. The molecule has 0 aliphatic heterocycles. The van der Waals surface area contributed by atoms with Crippen molar-refractivity contribution in [3.63, 3.8) is 0 Å². The van der Waals surface area contributed by atoms with Gasteiger partial charge in [0.15, 0.2) is 0 Å². The zero-order chi connectivity index (χ0) is 14.6. The van der Waals surface area contributed by atoms with Gasteiger partial charge in [0.25, 0.3) is 5.91 Å². The summed E-state index contributed by atoms with van der Waals surface area (Å²) in [4.78, 5) is 23.2. The molecular formula is C13H19BrN2O3. The molecule has 1 rings (SSSR count). The lowest BCUT2D eigenvalue weighted by Gasteiger charge is -2.18. The standard InChI is InChI=1S/C13H19BrN2O3/c1-4-5-16-7-9(14)6-10(16)12(17)15-11(8(2)3)13(18)19/h6-8,11H,4-5H2,1-3H3,(H,15,17)(H,18,19)/t11-/m0/s1. The first kappa shape index (κ1) is 15.8. The molecule has 0 fully saturated rings. The molecule has 0 aliphatic carbocycles. The second-order valence-electron chi connectivity index (χ2n) is 4.77. The van der Waals surface area contributed by atoms with Crippen molar-refractivity contribution in [2.45, 2.75) is 39.8 Å². The number of carboxylic acids is 1. The molecule has 0 unspecified atom stereocenters. The first-order valence-corrected chi connectivity index (χ1v) is 7.05. The number of nitrogens with one attached hydrogen (secondary N) is 1. The van der Waals surface area contributed by atoms with E-state index in [1.165, 1.54) is 0 Å². The van der Waals surface area contributed by atoms with Crippen LogP contribution in [0, 0.1) is 5.92 Å². The quantitative estimate of drug-likeness (QED) is 0.841. The molecule has 2 N–H and O–H groups in total. The van der Waals surface area contributed by atoms with Crippen LogP contribution in [0.2, 0.25) is 0 Å². The van der Waals surface area contributed by atoms with Crippen molar-refractivity contribution in [1.29, 1.82) is 0 Å². The highest BCUT2D eigenvalue weighted by Gasteiger charge is 2.25. The van der Waals surface area contributed by atoms with Crippen LogP contribution >= 0.6 is 15.9 Å². The fourth-order valence-corrected chi connectivity index (χ4v) is 2.28. The first-order chi connectivity index (χ1) is 8.86. The van der Waals surface area contributed by atoms with E-state index in [0.717, 1.165) is 10.9 Å². The maximum absolute atomic E-state index is 12.2. The van der Waals surface area contributed by atoms with Crippen LogP contribution < -0.4 is 5.32 Å². The number of amides is 1. The van der Waals surface area contributed by atoms with Gasteiger partial charge in [-0.05, 0) is 34.3 Å². The summed E-state index contributed by atoms with van der Waals surface area (Å²) in [5, 5.41) is 11.7. The van der Waals surface area contributed by atoms with Gasteiger partial charge in [0.05, 0.1) is 0 Å². The third-order valence-corrected chi connectivity index (χ3v) is 3.21. The summed E-state index contributed by atoms with van der Waals surface area (Å²) in [5.74, 6) is -1.55. The number of hydrogen-bond donors (Lipinski definition) is 2. The van der Waals surface area contributed by atoms with Crippen molar-refractivity contribution >= 4 is 27.8 Å². The van der Waals surface area contributed by atoms with Crippen molar-refractivity contribution in [2.75, 3.05) is 0 Å². The molecule has 1 atom stereocenters. The van der Waals surface area contributed by atoms with Gasteiger partial charge in [-0.15, -0.1) is 0 Å².